The Hall–Kier alpha value is -0.900. The fourth-order valence-corrected chi connectivity index (χ4v) is 2.81. The highest BCUT2D eigenvalue weighted by molar-refractivity contribution is 14.0. The number of nitrogens with zero attached hydrogens (tertiary/aromatic N) is 5. The van der Waals surface area contributed by atoms with E-state index in [1.807, 2.05) is 7.05 Å². The largest absolute Gasteiger partial charge is 0.357 e. The first-order valence-corrected chi connectivity index (χ1v) is 9.10. The number of guanidine groups is 1. The van der Waals surface area contributed by atoms with Gasteiger partial charge in [-0.05, 0) is 32.4 Å². The van der Waals surface area contributed by atoms with E-state index in [0.717, 1.165) is 38.0 Å². The van der Waals surface area contributed by atoms with Gasteiger partial charge in [0, 0.05) is 26.2 Å². The zero-order chi connectivity index (χ0) is 17.9. The quantitative estimate of drug-likeness (QED) is 0.315. The van der Waals surface area contributed by atoms with Gasteiger partial charge in [0.05, 0.1) is 0 Å². The van der Waals surface area contributed by atoms with Gasteiger partial charge in [-0.2, -0.15) is 5.10 Å². The average molecular weight is 465 g/mol. The molecule has 2 N–H and O–H groups in total. The van der Waals surface area contributed by atoms with Gasteiger partial charge in [0.15, 0.2) is 5.96 Å². The molecular formula is C17H36IN7. The maximum absolute atomic E-state index is 4.63. The molecule has 8 heteroatoms. The van der Waals surface area contributed by atoms with Crippen LogP contribution in [-0.2, 0) is 13.6 Å². The highest BCUT2D eigenvalue weighted by atomic mass is 127. The molecule has 0 fully saturated rings. The van der Waals surface area contributed by atoms with Crippen LogP contribution < -0.4 is 10.6 Å². The van der Waals surface area contributed by atoms with Gasteiger partial charge in [0.1, 0.15) is 18.7 Å². The van der Waals surface area contributed by atoms with Crippen LogP contribution in [0.1, 0.15) is 46.9 Å². The number of hydrogen-bond donors (Lipinski definition) is 2. The summed E-state index contributed by atoms with van der Waals surface area (Å²) in [7, 11) is 1.89. The molecule has 7 nitrogen and oxygen atoms in total. The summed E-state index contributed by atoms with van der Waals surface area (Å²) < 4.78 is 1.75. The van der Waals surface area contributed by atoms with E-state index in [9.17, 15) is 0 Å². The summed E-state index contributed by atoms with van der Waals surface area (Å²) in [5.41, 5.74) is 0. The van der Waals surface area contributed by atoms with Crippen molar-refractivity contribution in [1.82, 2.24) is 30.3 Å². The first kappa shape index (κ1) is 24.1. The van der Waals surface area contributed by atoms with Crippen molar-refractivity contribution in [2.45, 2.75) is 53.6 Å². The van der Waals surface area contributed by atoms with Crippen molar-refractivity contribution in [1.29, 1.82) is 0 Å². The van der Waals surface area contributed by atoms with Crippen LogP contribution in [0.3, 0.4) is 0 Å². The lowest BCUT2D eigenvalue weighted by Gasteiger charge is -2.31. The molecule has 0 bridgehead atoms. The Morgan fingerprint density at radius 3 is 2.40 bits per heavy atom. The fourth-order valence-electron chi connectivity index (χ4n) is 2.81. The van der Waals surface area contributed by atoms with E-state index in [1.54, 1.807) is 11.0 Å². The topological polar surface area (TPSA) is 70.4 Å². The highest BCUT2D eigenvalue weighted by Gasteiger charge is 2.17. The molecule has 0 saturated carbocycles. The summed E-state index contributed by atoms with van der Waals surface area (Å²) in [4.78, 5) is 11.4. The molecule has 1 unspecified atom stereocenters. The number of nitrogens with one attached hydrogen (secondary N) is 2. The van der Waals surface area contributed by atoms with E-state index < -0.39 is 0 Å². The van der Waals surface area contributed by atoms with Crippen LogP contribution in [0.25, 0.3) is 0 Å². The minimum atomic E-state index is 0. The molecule has 0 aliphatic carbocycles. The van der Waals surface area contributed by atoms with Crippen LogP contribution in [0.4, 0.5) is 0 Å². The fraction of sp³-hybridized carbons (Fsp3) is 0.824. The van der Waals surface area contributed by atoms with Crippen molar-refractivity contribution in [3.8, 4) is 0 Å². The zero-order valence-corrected chi connectivity index (χ0v) is 18.9. The minimum absolute atomic E-state index is 0. The molecule has 25 heavy (non-hydrogen) atoms. The number of rotatable bonds is 10. The second-order valence-electron chi connectivity index (χ2n) is 6.38. The Balaban J connectivity index is 0.00000576. The van der Waals surface area contributed by atoms with E-state index in [-0.39, 0.29) is 24.0 Å². The van der Waals surface area contributed by atoms with Gasteiger partial charge in [-0.1, -0.05) is 27.7 Å². The van der Waals surface area contributed by atoms with E-state index >= 15 is 0 Å². The van der Waals surface area contributed by atoms with E-state index in [1.165, 1.54) is 6.42 Å². The predicted molar refractivity (Wildman–Crippen MR) is 115 cm³/mol. The Morgan fingerprint density at radius 1 is 1.24 bits per heavy atom. The van der Waals surface area contributed by atoms with Gasteiger partial charge in [0.2, 0.25) is 0 Å². The van der Waals surface area contributed by atoms with Crippen LogP contribution in [0.5, 0.6) is 0 Å². The Morgan fingerprint density at radius 2 is 1.92 bits per heavy atom. The molecule has 0 amide bonds. The number of aryl methyl sites for hydroxylation is 1. The molecule has 1 aromatic heterocycles. The number of hydrogen-bond acceptors (Lipinski definition) is 4. The maximum atomic E-state index is 4.63. The van der Waals surface area contributed by atoms with Gasteiger partial charge in [-0.3, -0.25) is 9.58 Å². The lowest BCUT2D eigenvalue weighted by Crippen LogP contribution is -2.47. The second-order valence-corrected chi connectivity index (χ2v) is 6.38. The minimum Gasteiger partial charge on any atom is -0.357 e. The van der Waals surface area contributed by atoms with E-state index in [4.69, 9.17) is 0 Å². The number of aromatic nitrogens is 3. The standard InChI is InChI=1S/C17H35N7.HI/c1-7-18-17(20-12-16-21-13-22-23(16)6)19-11-15(10-14(4)5)24(8-2)9-3;/h13-15H,7-12H2,1-6H3,(H2,18,19,20);1H. The molecule has 0 radical (unpaired) electrons. The summed E-state index contributed by atoms with van der Waals surface area (Å²) >= 11 is 0. The molecule has 0 aromatic carbocycles. The molecule has 1 heterocycles. The summed E-state index contributed by atoms with van der Waals surface area (Å²) in [5.74, 6) is 2.37. The Kier molecular flexibility index (Phi) is 12.8. The summed E-state index contributed by atoms with van der Waals surface area (Å²) in [6.45, 7) is 15.5. The first-order valence-electron chi connectivity index (χ1n) is 9.10. The lowest BCUT2D eigenvalue weighted by atomic mass is 10.0. The number of aliphatic imine (C=N–C) groups is 1. The van der Waals surface area contributed by atoms with Crippen molar-refractivity contribution in [2.24, 2.45) is 18.0 Å². The Bertz CT molecular complexity index is 483. The normalized spacial score (nSPS) is 13.0. The van der Waals surface area contributed by atoms with Gasteiger partial charge >= 0.3 is 0 Å². The maximum Gasteiger partial charge on any atom is 0.191 e. The lowest BCUT2D eigenvalue weighted by molar-refractivity contribution is 0.191. The summed E-state index contributed by atoms with van der Waals surface area (Å²) in [5, 5.41) is 10.9. The summed E-state index contributed by atoms with van der Waals surface area (Å²) in [6, 6.07) is 0.513. The zero-order valence-electron chi connectivity index (χ0n) is 16.6. The van der Waals surface area contributed by atoms with E-state index in [0.29, 0.717) is 18.5 Å². The SMILES string of the molecule is CCNC(=NCc1ncnn1C)NCC(CC(C)C)N(CC)CC.I. The van der Waals surface area contributed by atoms with Crippen LogP contribution in [0.2, 0.25) is 0 Å². The van der Waals surface area contributed by atoms with Crippen LogP contribution in [-0.4, -0.2) is 57.8 Å². The molecule has 1 atom stereocenters. The van der Waals surface area contributed by atoms with E-state index in [2.05, 4.69) is 65.2 Å². The van der Waals surface area contributed by atoms with Crippen LogP contribution >= 0.6 is 24.0 Å². The van der Waals surface area contributed by atoms with Crippen molar-refractivity contribution >= 4 is 29.9 Å². The predicted octanol–water partition coefficient (Wildman–Crippen LogP) is 2.24. The van der Waals surface area contributed by atoms with Crippen LogP contribution in [0, 0.1) is 5.92 Å². The van der Waals surface area contributed by atoms with Gasteiger partial charge in [-0.25, -0.2) is 9.98 Å². The van der Waals surface area contributed by atoms with Gasteiger partial charge in [-0.15, -0.1) is 24.0 Å². The third-order valence-electron chi connectivity index (χ3n) is 4.11. The molecule has 1 aromatic rings. The number of likely N-dealkylation sites (N-methyl/N-ethyl adjacent to an activating group) is 1. The molecule has 146 valence electrons. The summed E-state index contributed by atoms with van der Waals surface area (Å²) in [6.07, 6.45) is 2.74. The van der Waals surface area contributed by atoms with Gasteiger partial charge < -0.3 is 10.6 Å². The monoisotopic (exact) mass is 465 g/mol. The Labute approximate surface area is 170 Å². The smallest absolute Gasteiger partial charge is 0.191 e. The molecule has 0 aliphatic rings. The molecular weight excluding hydrogens is 429 g/mol. The number of halogens is 1. The van der Waals surface area contributed by atoms with Crippen molar-refractivity contribution < 1.29 is 0 Å². The van der Waals surface area contributed by atoms with Gasteiger partial charge in [0.25, 0.3) is 0 Å². The highest BCUT2D eigenvalue weighted by Crippen LogP contribution is 2.10. The van der Waals surface area contributed by atoms with Crippen molar-refractivity contribution in [3.05, 3.63) is 12.2 Å². The third-order valence-corrected chi connectivity index (χ3v) is 4.11. The molecule has 0 saturated heterocycles. The third kappa shape index (κ3) is 8.84. The molecule has 0 aliphatic heterocycles. The van der Waals surface area contributed by atoms with Crippen LogP contribution in [0.15, 0.2) is 11.3 Å². The second kappa shape index (κ2) is 13.3. The first-order chi connectivity index (χ1) is 11.5. The molecule has 0 spiro atoms. The molecule has 1 rings (SSSR count). The average Bonchev–Trinajstić information content (AvgIpc) is 2.95. The van der Waals surface area contributed by atoms with Crippen molar-refractivity contribution in [2.75, 3.05) is 26.2 Å². The van der Waals surface area contributed by atoms with Crippen molar-refractivity contribution in [3.63, 3.8) is 0 Å².